The van der Waals surface area contributed by atoms with Crippen molar-refractivity contribution in [2.75, 3.05) is 19.7 Å². The summed E-state index contributed by atoms with van der Waals surface area (Å²) < 4.78 is 46.5. The first-order valence-corrected chi connectivity index (χ1v) is 14.0. The molecule has 0 bridgehead atoms. The second-order valence-electron chi connectivity index (χ2n) is 11.9. The first-order valence-electron chi connectivity index (χ1n) is 14.0. The summed E-state index contributed by atoms with van der Waals surface area (Å²) in [5, 5.41) is 8.01. The lowest BCUT2D eigenvalue weighted by Gasteiger charge is -2.31. The number of benzene rings is 1. The van der Waals surface area contributed by atoms with Crippen molar-refractivity contribution in [1.82, 2.24) is 20.9 Å². The van der Waals surface area contributed by atoms with Gasteiger partial charge >= 0.3 is 6.36 Å². The first-order chi connectivity index (χ1) is 19.7. The van der Waals surface area contributed by atoms with Gasteiger partial charge in [-0.05, 0) is 67.2 Å². The molecule has 1 aromatic carbocycles. The van der Waals surface area contributed by atoms with Crippen LogP contribution in [-0.4, -0.2) is 78.5 Å². The molecule has 11 nitrogen and oxygen atoms in total. The van der Waals surface area contributed by atoms with Gasteiger partial charge in [-0.1, -0.05) is 13.8 Å². The Hall–Kier alpha value is -3.84. The predicted molar refractivity (Wildman–Crippen MR) is 139 cm³/mol. The van der Waals surface area contributed by atoms with Gasteiger partial charge in [0.1, 0.15) is 17.5 Å². The topological polar surface area (TPSA) is 143 Å². The predicted octanol–water partition coefficient (Wildman–Crippen LogP) is 1.31. The SMILES string of the molecule is CC1(C)[C@@H]2[C@@H](C(=O)N[C@@H](C[C@@H]3CCNC3=O)C(=O)C(=O)NC3CC3)N(C(=O)COc3ccc(OC(F)(F)F)cc3)C[C@@H]21. The standard InChI is InChI=1S/C28H33F3N4O7/c1-27(2)18-12-35(20(36)13-41-16-5-7-17(8-6-16)42-28(29,30)31)22(21(18)27)25(39)34-19(11-14-9-10-32-24(14)38)23(37)26(40)33-15-3-4-15/h5-8,14-15,18-19,21-22H,3-4,9-13H2,1-2H3,(H,32,38)(H,33,40)(H,34,39)/t14-,18-,19-,21-,22-/m0/s1. The van der Waals surface area contributed by atoms with E-state index in [4.69, 9.17) is 4.74 Å². The number of hydrogen-bond donors (Lipinski definition) is 3. The minimum absolute atomic E-state index is 0.0314. The van der Waals surface area contributed by atoms with Crippen LogP contribution in [-0.2, 0) is 24.0 Å². The van der Waals surface area contributed by atoms with E-state index in [0.717, 1.165) is 25.0 Å². The number of halogens is 3. The highest BCUT2D eigenvalue weighted by Gasteiger charge is 2.69. The Morgan fingerprint density at radius 2 is 1.76 bits per heavy atom. The summed E-state index contributed by atoms with van der Waals surface area (Å²) in [5.74, 6) is -4.01. The van der Waals surface area contributed by atoms with Crippen LogP contribution in [0, 0.1) is 23.2 Å². The second kappa shape index (κ2) is 11.1. The number of carbonyl (C=O) groups excluding carboxylic acids is 5. The van der Waals surface area contributed by atoms with E-state index < -0.39 is 60.2 Å². The summed E-state index contributed by atoms with van der Waals surface area (Å²) >= 11 is 0. The Morgan fingerprint density at radius 3 is 2.36 bits per heavy atom. The average molecular weight is 595 g/mol. The lowest BCUT2D eigenvalue weighted by atomic mass is 9.94. The molecule has 4 aliphatic rings. The molecule has 5 atom stereocenters. The lowest BCUT2D eigenvalue weighted by molar-refractivity contribution is -0.274. The normalized spacial score (nSPS) is 26.5. The minimum atomic E-state index is -4.84. The van der Waals surface area contributed by atoms with Crippen LogP contribution in [0.4, 0.5) is 13.2 Å². The summed E-state index contributed by atoms with van der Waals surface area (Å²) in [6.07, 6.45) is -2.87. The Kier molecular flexibility index (Phi) is 7.84. The van der Waals surface area contributed by atoms with Crippen LogP contribution < -0.4 is 25.4 Å². The van der Waals surface area contributed by atoms with Gasteiger partial charge in [0.25, 0.3) is 11.8 Å². The summed E-state index contributed by atoms with van der Waals surface area (Å²) in [4.78, 5) is 66.2. The summed E-state index contributed by atoms with van der Waals surface area (Å²) in [6, 6.07) is 2.32. The van der Waals surface area contributed by atoms with E-state index in [0.29, 0.717) is 13.0 Å². The van der Waals surface area contributed by atoms with Gasteiger partial charge in [-0.2, -0.15) is 0 Å². The van der Waals surface area contributed by atoms with Crippen LogP contribution in [0.5, 0.6) is 11.5 Å². The fourth-order valence-corrected chi connectivity index (χ4v) is 6.09. The molecule has 5 rings (SSSR count). The van der Waals surface area contributed by atoms with Crippen LogP contribution >= 0.6 is 0 Å². The third-order valence-electron chi connectivity index (χ3n) is 8.67. The molecular weight excluding hydrogens is 561 g/mol. The van der Waals surface area contributed by atoms with Gasteiger partial charge in [0, 0.05) is 25.0 Å². The maximum Gasteiger partial charge on any atom is 0.573 e. The van der Waals surface area contributed by atoms with Gasteiger partial charge in [0.15, 0.2) is 6.61 Å². The zero-order valence-electron chi connectivity index (χ0n) is 23.2. The maximum absolute atomic E-state index is 13.7. The van der Waals surface area contributed by atoms with E-state index in [2.05, 4.69) is 20.7 Å². The Balaban J connectivity index is 1.26. The number of alkyl halides is 3. The van der Waals surface area contributed by atoms with Gasteiger partial charge in [-0.15, -0.1) is 13.2 Å². The molecular formula is C28H33F3N4O7. The molecule has 2 heterocycles. The quantitative estimate of drug-likeness (QED) is 0.328. The van der Waals surface area contributed by atoms with Crippen LogP contribution in [0.15, 0.2) is 24.3 Å². The lowest BCUT2D eigenvalue weighted by Crippen LogP contribution is -2.56. The number of carbonyl (C=O) groups is 5. The zero-order valence-corrected chi connectivity index (χ0v) is 23.2. The van der Waals surface area contributed by atoms with E-state index in [9.17, 15) is 37.1 Å². The molecule has 14 heteroatoms. The first kappa shape index (κ1) is 29.6. The van der Waals surface area contributed by atoms with Crippen molar-refractivity contribution in [3.05, 3.63) is 24.3 Å². The number of piperidine rings is 1. The van der Waals surface area contributed by atoms with Crippen LogP contribution in [0.25, 0.3) is 0 Å². The van der Waals surface area contributed by atoms with Crippen LogP contribution in [0.1, 0.15) is 39.5 Å². The number of amides is 4. The van der Waals surface area contributed by atoms with Crippen molar-refractivity contribution in [2.45, 2.75) is 64.0 Å². The average Bonchev–Trinajstić information content (AvgIpc) is 3.68. The third-order valence-corrected chi connectivity index (χ3v) is 8.67. The number of ketones is 1. The molecule has 3 N–H and O–H groups in total. The number of nitrogens with zero attached hydrogens (tertiary/aromatic N) is 1. The van der Waals surface area contributed by atoms with E-state index in [1.165, 1.54) is 17.0 Å². The molecule has 4 amide bonds. The molecule has 4 fully saturated rings. The molecule has 2 saturated heterocycles. The monoisotopic (exact) mass is 594 g/mol. The third kappa shape index (κ3) is 6.46. The van der Waals surface area contributed by atoms with Crippen LogP contribution in [0.2, 0.25) is 0 Å². The second-order valence-corrected chi connectivity index (χ2v) is 11.9. The Labute approximate surface area is 239 Å². The highest BCUT2D eigenvalue weighted by Crippen LogP contribution is 2.64. The van der Waals surface area contributed by atoms with E-state index in [1.54, 1.807) is 0 Å². The molecule has 0 spiro atoms. The molecule has 228 valence electrons. The number of fused-ring (bicyclic) bond motifs is 1. The maximum atomic E-state index is 13.7. The van der Waals surface area contributed by atoms with Crippen molar-refractivity contribution in [3.8, 4) is 11.5 Å². The minimum Gasteiger partial charge on any atom is -0.484 e. The summed E-state index contributed by atoms with van der Waals surface area (Å²) in [5.41, 5.74) is -0.234. The Bertz CT molecular complexity index is 1260. The highest BCUT2D eigenvalue weighted by molar-refractivity contribution is 6.38. The van der Waals surface area contributed by atoms with Crippen molar-refractivity contribution < 1.29 is 46.6 Å². The van der Waals surface area contributed by atoms with Gasteiger partial charge in [0.2, 0.25) is 17.6 Å². The molecule has 2 aliphatic carbocycles. The molecule has 1 aromatic rings. The number of Topliss-reactive ketones (excluding diaryl/α,β-unsaturated/α-hetero) is 1. The van der Waals surface area contributed by atoms with Gasteiger partial charge < -0.3 is 30.3 Å². The molecule has 42 heavy (non-hydrogen) atoms. The number of hydrogen-bond acceptors (Lipinski definition) is 7. The van der Waals surface area contributed by atoms with E-state index in [1.807, 2.05) is 13.8 Å². The number of rotatable bonds is 11. The fraction of sp³-hybridized carbons (Fsp3) is 0.607. The largest absolute Gasteiger partial charge is 0.573 e. The van der Waals surface area contributed by atoms with Crippen LogP contribution in [0.3, 0.4) is 0 Å². The van der Waals surface area contributed by atoms with Crippen molar-refractivity contribution in [3.63, 3.8) is 0 Å². The number of nitrogens with one attached hydrogen (secondary N) is 3. The smallest absolute Gasteiger partial charge is 0.484 e. The van der Waals surface area contributed by atoms with Gasteiger partial charge in [0.05, 0.1) is 6.04 Å². The van der Waals surface area contributed by atoms with E-state index in [-0.39, 0.29) is 47.9 Å². The molecule has 2 aliphatic heterocycles. The number of likely N-dealkylation sites (tertiary alicyclic amines) is 1. The number of ether oxygens (including phenoxy) is 2. The molecule has 0 radical (unpaired) electrons. The molecule has 0 aromatic heterocycles. The Morgan fingerprint density at radius 1 is 1.10 bits per heavy atom. The van der Waals surface area contributed by atoms with Gasteiger partial charge in [-0.25, -0.2) is 0 Å². The zero-order chi connectivity index (χ0) is 30.4. The van der Waals surface area contributed by atoms with E-state index >= 15 is 0 Å². The molecule has 0 unspecified atom stereocenters. The molecule has 2 saturated carbocycles. The van der Waals surface area contributed by atoms with Gasteiger partial charge in [-0.3, -0.25) is 24.0 Å². The van der Waals surface area contributed by atoms with Crippen molar-refractivity contribution in [2.24, 2.45) is 23.2 Å². The van der Waals surface area contributed by atoms with Crippen molar-refractivity contribution >= 4 is 29.4 Å². The summed E-state index contributed by atoms with van der Waals surface area (Å²) in [7, 11) is 0. The van der Waals surface area contributed by atoms with Crippen molar-refractivity contribution in [1.29, 1.82) is 0 Å². The fourth-order valence-electron chi connectivity index (χ4n) is 6.09. The highest BCUT2D eigenvalue weighted by atomic mass is 19.4. The summed E-state index contributed by atoms with van der Waals surface area (Å²) in [6.45, 7) is 4.22.